The van der Waals surface area contributed by atoms with Gasteiger partial charge in [0.15, 0.2) is 0 Å². The first-order valence-electron chi connectivity index (χ1n) is 9.59. The van der Waals surface area contributed by atoms with Crippen LogP contribution in [0.25, 0.3) is 0 Å². The molecule has 1 heterocycles. The average molecular weight is 424 g/mol. The van der Waals surface area contributed by atoms with Crippen LogP contribution >= 0.6 is 11.8 Å². The number of hydrogen-bond donors (Lipinski definition) is 1. The molecule has 1 N–H and O–H groups in total. The molecule has 2 fully saturated rings. The molecule has 3 amide bonds. The van der Waals surface area contributed by atoms with Crippen molar-refractivity contribution in [1.29, 1.82) is 0 Å². The molecule has 1 aliphatic heterocycles. The SMILES string of the molecule is COC(=O)c1ccc(N2C(=O)CC(Sc3ccc(NC(=O)C4CC4)cc3)C2=O)cc1. The third kappa shape index (κ3) is 4.23. The maximum absolute atomic E-state index is 12.8. The number of esters is 1. The number of imide groups is 1. The molecule has 0 spiro atoms. The highest BCUT2D eigenvalue weighted by molar-refractivity contribution is 8.00. The lowest BCUT2D eigenvalue weighted by Gasteiger charge is -2.15. The number of ether oxygens (including phenoxy) is 1. The van der Waals surface area contributed by atoms with Crippen molar-refractivity contribution in [2.75, 3.05) is 17.3 Å². The fourth-order valence-corrected chi connectivity index (χ4v) is 4.26. The molecule has 2 aromatic carbocycles. The minimum Gasteiger partial charge on any atom is -0.465 e. The molecule has 30 heavy (non-hydrogen) atoms. The van der Waals surface area contributed by atoms with Crippen molar-refractivity contribution in [3.05, 3.63) is 54.1 Å². The molecule has 2 aromatic rings. The monoisotopic (exact) mass is 424 g/mol. The number of methoxy groups -OCH3 is 1. The van der Waals surface area contributed by atoms with Crippen molar-refractivity contribution in [1.82, 2.24) is 0 Å². The van der Waals surface area contributed by atoms with Crippen molar-refractivity contribution >= 4 is 46.8 Å². The second-order valence-corrected chi connectivity index (χ2v) is 8.48. The molecule has 1 saturated carbocycles. The molecular weight excluding hydrogens is 404 g/mol. The Labute approximate surface area is 177 Å². The fourth-order valence-electron chi connectivity index (χ4n) is 3.20. The first-order chi connectivity index (χ1) is 14.5. The summed E-state index contributed by atoms with van der Waals surface area (Å²) in [6.07, 6.45) is 1.99. The van der Waals surface area contributed by atoms with E-state index in [-0.39, 0.29) is 30.1 Å². The van der Waals surface area contributed by atoms with Crippen LogP contribution in [0.1, 0.15) is 29.6 Å². The molecule has 1 unspecified atom stereocenters. The van der Waals surface area contributed by atoms with Gasteiger partial charge in [0.05, 0.1) is 23.6 Å². The Balaban J connectivity index is 1.41. The lowest BCUT2D eigenvalue weighted by Crippen LogP contribution is -2.31. The largest absolute Gasteiger partial charge is 0.465 e. The average Bonchev–Trinajstić information content (AvgIpc) is 3.56. The predicted molar refractivity (Wildman–Crippen MR) is 112 cm³/mol. The van der Waals surface area contributed by atoms with Gasteiger partial charge in [0.25, 0.3) is 0 Å². The first-order valence-corrected chi connectivity index (χ1v) is 10.5. The van der Waals surface area contributed by atoms with Gasteiger partial charge < -0.3 is 10.1 Å². The van der Waals surface area contributed by atoms with E-state index in [0.29, 0.717) is 11.3 Å². The van der Waals surface area contributed by atoms with Gasteiger partial charge >= 0.3 is 5.97 Å². The van der Waals surface area contributed by atoms with E-state index >= 15 is 0 Å². The second kappa shape index (κ2) is 8.31. The van der Waals surface area contributed by atoms with Crippen LogP contribution in [0.3, 0.4) is 0 Å². The van der Waals surface area contributed by atoms with Gasteiger partial charge in [-0.2, -0.15) is 0 Å². The van der Waals surface area contributed by atoms with Crippen LogP contribution < -0.4 is 10.2 Å². The Hall–Kier alpha value is -3.13. The molecule has 1 saturated heterocycles. The standard InChI is InChI=1S/C22H20N2O5S/c1-29-22(28)14-4-8-16(9-5-14)24-19(25)12-18(21(24)27)30-17-10-6-15(7-11-17)23-20(26)13-2-3-13/h4-11,13,18H,2-3,12H2,1H3,(H,23,26). The maximum Gasteiger partial charge on any atom is 0.337 e. The van der Waals surface area contributed by atoms with Crippen LogP contribution in [0, 0.1) is 5.92 Å². The Morgan fingerprint density at radius 2 is 1.70 bits per heavy atom. The summed E-state index contributed by atoms with van der Waals surface area (Å²) < 4.78 is 4.66. The summed E-state index contributed by atoms with van der Waals surface area (Å²) in [4.78, 5) is 50.7. The van der Waals surface area contributed by atoms with Crippen molar-refractivity contribution in [3.8, 4) is 0 Å². The number of anilines is 2. The van der Waals surface area contributed by atoms with Crippen LogP contribution in [-0.2, 0) is 19.1 Å². The summed E-state index contributed by atoms with van der Waals surface area (Å²) in [6, 6.07) is 13.4. The van der Waals surface area contributed by atoms with Gasteiger partial charge in [0.2, 0.25) is 17.7 Å². The quantitative estimate of drug-likeness (QED) is 0.565. The number of rotatable bonds is 6. The number of hydrogen-bond acceptors (Lipinski definition) is 6. The number of benzene rings is 2. The highest BCUT2D eigenvalue weighted by atomic mass is 32.2. The topological polar surface area (TPSA) is 92.8 Å². The molecule has 154 valence electrons. The van der Waals surface area contributed by atoms with Crippen LogP contribution in [0.4, 0.5) is 11.4 Å². The maximum atomic E-state index is 12.8. The normalized spacial score (nSPS) is 18.4. The molecule has 0 bridgehead atoms. The summed E-state index contributed by atoms with van der Waals surface area (Å²) >= 11 is 1.32. The van der Waals surface area contributed by atoms with E-state index in [9.17, 15) is 19.2 Å². The van der Waals surface area contributed by atoms with E-state index in [0.717, 1.165) is 28.3 Å². The molecule has 0 aromatic heterocycles. The molecule has 1 atom stereocenters. The van der Waals surface area contributed by atoms with Gasteiger partial charge in [-0.25, -0.2) is 9.69 Å². The summed E-state index contributed by atoms with van der Waals surface area (Å²) in [5, 5.41) is 2.35. The Kier molecular flexibility index (Phi) is 5.59. The number of nitrogens with one attached hydrogen (secondary N) is 1. The van der Waals surface area contributed by atoms with Crippen LogP contribution in [0.15, 0.2) is 53.4 Å². The smallest absolute Gasteiger partial charge is 0.337 e. The van der Waals surface area contributed by atoms with Gasteiger partial charge in [-0.3, -0.25) is 14.4 Å². The number of carbonyl (C=O) groups is 4. The van der Waals surface area contributed by atoms with Crippen molar-refractivity contribution in [3.63, 3.8) is 0 Å². The second-order valence-electron chi connectivity index (χ2n) is 7.20. The van der Waals surface area contributed by atoms with Gasteiger partial charge in [-0.15, -0.1) is 11.8 Å². The van der Waals surface area contributed by atoms with Gasteiger partial charge in [-0.1, -0.05) is 0 Å². The van der Waals surface area contributed by atoms with E-state index in [1.54, 1.807) is 24.3 Å². The molecule has 0 radical (unpaired) electrons. The fraction of sp³-hybridized carbons (Fsp3) is 0.273. The number of amides is 3. The molecule has 8 heteroatoms. The molecule has 2 aliphatic rings. The summed E-state index contributed by atoms with van der Waals surface area (Å²) in [5.41, 5.74) is 1.50. The Bertz CT molecular complexity index is 999. The van der Waals surface area contributed by atoms with Crippen molar-refractivity contribution < 1.29 is 23.9 Å². The first kappa shape index (κ1) is 20.2. The van der Waals surface area contributed by atoms with Gasteiger partial charge in [0.1, 0.15) is 0 Å². The Morgan fingerprint density at radius 1 is 1.03 bits per heavy atom. The Morgan fingerprint density at radius 3 is 2.30 bits per heavy atom. The molecular formula is C22H20N2O5S. The predicted octanol–water partition coefficient (Wildman–Crippen LogP) is 3.25. The van der Waals surface area contributed by atoms with Crippen LogP contribution in [0.2, 0.25) is 0 Å². The minimum absolute atomic E-state index is 0.0424. The lowest BCUT2D eigenvalue weighted by atomic mass is 10.2. The van der Waals surface area contributed by atoms with Crippen molar-refractivity contribution in [2.24, 2.45) is 5.92 Å². The van der Waals surface area contributed by atoms with E-state index in [4.69, 9.17) is 0 Å². The highest BCUT2D eigenvalue weighted by Crippen LogP contribution is 2.35. The zero-order valence-corrected chi connectivity index (χ0v) is 17.1. The summed E-state index contributed by atoms with van der Waals surface area (Å²) in [5.74, 6) is -0.876. The molecule has 1 aliphatic carbocycles. The van der Waals surface area contributed by atoms with E-state index in [1.807, 2.05) is 12.1 Å². The number of nitrogens with zero attached hydrogens (tertiary/aromatic N) is 1. The highest BCUT2D eigenvalue weighted by Gasteiger charge is 2.40. The minimum atomic E-state index is -0.523. The zero-order chi connectivity index (χ0) is 21.3. The lowest BCUT2D eigenvalue weighted by molar-refractivity contribution is -0.121. The summed E-state index contributed by atoms with van der Waals surface area (Å²) in [7, 11) is 1.29. The van der Waals surface area contributed by atoms with E-state index in [1.165, 1.54) is 31.0 Å². The third-order valence-electron chi connectivity index (χ3n) is 5.00. The van der Waals surface area contributed by atoms with E-state index in [2.05, 4.69) is 10.1 Å². The van der Waals surface area contributed by atoms with Gasteiger partial charge in [0, 0.05) is 22.9 Å². The summed E-state index contributed by atoms with van der Waals surface area (Å²) in [6.45, 7) is 0. The zero-order valence-electron chi connectivity index (χ0n) is 16.3. The number of carbonyl (C=O) groups excluding carboxylic acids is 4. The van der Waals surface area contributed by atoms with E-state index < -0.39 is 11.2 Å². The van der Waals surface area contributed by atoms with Crippen molar-refractivity contribution in [2.45, 2.75) is 29.4 Å². The van der Waals surface area contributed by atoms with Crippen LogP contribution in [0.5, 0.6) is 0 Å². The van der Waals surface area contributed by atoms with Crippen LogP contribution in [-0.4, -0.2) is 36.1 Å². The molecule has 7 nitrogen and oxygen atoms in total. The molecule has 4 rings (SSSR count). The third-order valence-corrected chi connectivity index (χ3v) is 6.20. The van der Waals surface area contributed by atoms with Gasteiger partial charge in [-0.05, 0) is 61.4 Å². The number of thioether (sulfide) groups is 1.